The first-order valence-corrected chi connectivity index (χ1v) is 8.62. The molecule has 2 rings (SSSR count). The highest BCUT2D eigenvalue weighted by Crippen LogP contribution is 2.28. The molecule has 0 aliphatic heterocycles. The second-order valence-corrected chi connectivity index (χ2v) is 5.91. The Morgan fingerprint density at radius 2 is 1.88 bits per heavy atom. The third-order valence-electron chi connectivity index (χ3n) is 3.78. The van der Waals surface area contributed by atoms with Crippen molar-refractivity contribution >= 4 is 17.4 Å². The van der Waals surface area contributed by atoms with Crippen molar-refractivity contribution in [2.75, 3.05) is 25.5 Å². The van der Waals surface area contributed by atoms with Crippen molar-refractivity contribution in [3.63, 3.8) is 0 Å². The molecule has 0 unspecified atom stereocenters. The van der Waals surface area contributed by atoms with Crippen LogP contribution in [-0.4, -0.2) is 41.0 Å². The van der Waals surface area contributed by atoms with Gasteiger partial charge < -0.3 is 15.0 Å². The molecule has 0 saturated carbocycles. The van der Waals surface area contributed by atoms with E-state index in [0.717, 1.165) is 42.9 Å². The lowest BCUT2D eigenvalue weighted by Crippen LogP contribution is -2.33. The van der Waals surface area contributed by atoms with E-state index in [1.165, 1.54) is 6.33 Å². The summed E-state index contributed by atoms with van der Waals surface area (Å²) in [5.41, 5.74) is 2.30. The Morgan fingerprint density at radius 3 is 2.52 bits per heavy atom. The van der Waals surface area contributed by atoms with E-state index >= 15 is 0 Å². The van der Waals surface area contributed by atoms with Crippen LogP contribution in [0.25, 0.3) is 0 Å². The van der Waals surface area contributed by atoms with Gasteiger partial charge in [-0.05, 0) is 37.5 Å². The topological polar surface area (TPSA) is 67.4 Å². The maximum Gasteiger partial charge on any atom is 0.272 e. The van der Waals surface area contributed by atoms with Gasteiger partial charge in [-0.3, -0.25) is 4.79 Å². The average Bonchev–Trinajstić information content (AvgIpc) is 2.61. The van der Waals surface area contributed by atoms with Gasteiger partial charge in [-0.1, -0.05) is 19.9 Å². The number of hydrogen-bond acceptors (Lipinski definition) is 5. The molecule has 134 valence electrons. The molecule has 1 heterocycles. The molecule has 0 spiro atoms. The minimum absolute atomic E-state index is 0.0645. The number of benzene rings is 1. The van der Waals surface area contributed by atoms with Crippen LogP contribution in [0.5, 0.6) is 5.75 Å². The first kappa shape index (κ1) is 18.7. The van der Waals surface area contributed by atoms with Gasteiger partial charge in [0.25, 0.3) is 5.91 Å². The summed E-state index contributed by atoms with van der Waals surface area (Å²) in [7, 11) is 1.62. The van der Waals surface area contributed by atoms with Crippen molar-refractivity contribution in [3.05, 3.63) is 41.9 Å². The van der Waals surface area contributed by atoms with Crippen LogP contribution in [0, 0.1) is 6.92 Å². The summed E-state index contributed by atoms with van der Waals surface area (Å²) >= 11 is 0. The molecule has 0 fully saturated rings. The molecule has 1 aromatic heterocycles. The molecule has 1 aromatic carbocycles. The lowest BCUT2D eigenvalue weighted by atomic mass is 10.2. The molecule has 0 saturated heterocycles. The molecule has 25 heavy (non-hydrogen) atoms. The van der Waals surface area contributed by atoms with Crippen LogP contribution in [0.4, 0.5) is 11.5 Å². The zero-order chi connectivity index (χ0) is 18.2. The van der Waals surface area contributed by atoms with Gasteiger partial charge >= 0.3 is 0 Å². The SMILES string of the molecule is CCCN(CCC)C(=O)c1cc(Nc2cc(C)ccc2OC)ncn1. The maximum atomic E-state index is 12.7. The Balaban J connectivity index is 2.24. The van der Waals surface area contributed by atoms with Crippen molar-refractivity contribution in [3.8, 4) is 5.75 Å². The van der Waals surface area contributed by atoms with E-state index in [9.17, 15) is 4.79 Å². The lowest BCUT2D eigenvalue weighted by molar-refractivity contribution is 0.0749. The average molecular weight is 342 g/mol. The third-order valence-corrected chi connectivity index (χ3v) is 3.78. The molecular formula is C19H26N4O2. The van der Waals surface area contributed by atoms with Crippen molar-refractivity contribution in [1.82, 2.24) is 14.9 Å². The van der Waals surface area contributed by atoms with Crippen molar-refractivity contribution in [2.24, 2.45) is 0 Å². The van der Waals surface area contributed by atoms with Crippen molar-refractivity contribution < 1.29 is 9.53 Å². The van der Waals surface area contributed by atoms with Gasteiger partial charge in [0.05, 0.1) is 12.8 Å². The van der Waals surface area contributed by atoms with Gasteiger partial charge in [0.1, 0.15) is 23.6 Å². The number of nitrogens with zero attached hydrogens (tertiary/aromatic N) is 3. The monoisotopic (exact) mass is 342 g/mol. The molecule has 1 amide bonds. The number of anilines is 2. The smallest absolute Gasteiger partial charge is 0.272 e. The van der Waals surface area contributed by atoms with E-state index in [1.807, 2.05) is 30.0 Å². The minimum Gasteiger partial charge on any atom is -0.495 e. The van der Waals surface area contributed by atoms with E-state index in [0.29, 0.717) is 11.5 Å². The van der Waals surface area contributed by atoms with Crippen LogP contribution in [0.1, 0.15) is 42.7 Å². The van der Waals surface area contributed by atoms with Crippen LogP contribution in [0.2, 0.25) is 0 Å². The normalized spacial score (nSPS) is 10.4. The minimum atomic E-state index is -0.0645. The Hall–Kier alpha value is -2.63. The van der Waals surface area contributed by atoms with Crippen molar-refractivity contribution in [1.29, 1.82) is 0 Å². The van der Waals surface area contributed by atoms with Crippen LogP contribution in [-0.2, 0) is 0 Å². The number of ether oxygens (including phenoxy) is 1. The summed E-state index contributed by atoms with van der Waals surface area (Å²) in [5.74, 6) is 1.22. The first-order chi connectivity index (χ1) is 12.1. The predicted octanol–water partition coefficient (Wildman–Crippen LogP) is 3.80. The summed E-state index contributed by atoms with van der Waals surface area (Å²) in [6, 6.07) is 7.53. The number of nitrogens with one attached hydrogen (secondary N) is 1. The summed E-state index contributed by atoms with van der Waals surface area (Å²) in [6.45, 7) is 7.59. The number of methoxy groups -OCH3 is 1. The molecule has 1 N–H and O–H groups in total. The van der Waals surface area contributed by atoms with E-state index in [4.69, 9.17) is 4.74 Å². The summed E-state index contributed by atoms with van der Waals surface area (Å²) < 4.78 is 5.37. The summed E-state index contributed by atoms with van der Waals surface area (Å²) in [4.78, 5) is 22.9. The number of amides is 1. The first-order valence-electron chi connectivity index (χ1n) is 8.62. The highest BCUT2D eigenvalue weighted by molar-refractivity contribution is 5.93. The van der Waals surface area contributed by atoms with Gasteiger partial charge in [-0.2, -0.15) is 0 Å². The van der Waals surface area contributed by atoms with Gasteiger partial charge in [0.2, 0.25) is 0 Å². The second kappa shape index (κ2) is 9.01. The number of hydrogen-bond donors (Lipinski definition) is 1. The van der Waals surface area contributed by atoms with Gasteiger partial charge in [0.15, 0.2) is 0 Å². The predicted molar refractivity (Wildman–Crippen MR) is 99.5 cm³/mol. The fourth-order valence-corrected chi connectivity index (χ4v) is 2.62. The number of aromatic nitrogens is 2. The fraction of sp³-hybridized carbons (Fsp3) is 0.421. The molecule has 2 aromatic rings. The largest absolute Gasteiger partial charge is 0.495 e. The number of carbonyl (C=O) groups excluding carboxylic acids is 1. The Morgan fingerprint density at radius 1 is 1.16 bits per heavy atom. The molecular weight excluding hydrogens is 316 g/mol. The van der Waals surface area contributed by atoms with Crippen LogP contribution in [0.3, 0.4) is 0 Å². The van der Waals surface area contributed by atoms with E-state index in [-0.39, 0.29) is 5.91 Å². The van der Waals surface area contributed by atoms with Gasteiger partial charge in [-0.25, -0.2) is 9.97 Å². The number of rotatable bonds is 8. The molecule has 0 radical (unpaired) electrons. The number of aryl methyl sites for hydroxylation is 1. The van der Waals surface area contributed by atoms with E-state index in [2.05, 4.69) is 29.1 Å². The zero-order valence-electron chi connectivity index (χ0n) is 15.4. The third kappa shape index (κ3) is 4.92. The molecule has 0 aliphatic rings. The summed E-state index contributed by atoms with van der Waals surface area (Å²) in [6.07, 6.45) is 3.25. The molecule has 0 aliphatic carbocycles. The molecule has 0 bridgehead atoms. The fourth-order valence-electron chi connectivity index (χ4n) is 2.62. The second-order valence-electron chi connectivity index (χ2n) is 5.91. The Bertz CT molecular complexity index is 712. The standard InChI is InChI=1S/C19H26N4O2/c1-5-9-23(10-6-2)19(24)16-12-18(21-13-20-16)22-15-11-14(3)7-8-17(15)25-4/h7-8,11-13H,5-6,9-10H2,1-4H3,(H,20,21,22). The Kier molecular flexibility index (Phi) is 6.74. The van der Waals surface area contributed by atoms with Gasteiger partial charge in [0, 0.05) is 19.2 Å². The van der Waals surface area contributed by atoms with Crippen LogP contribution in [0.15, 0.2) is 30.6 Å². The van der Waals surface area contributed by atoms with E-state index < -0.39 is 0 Å². The maximum absolute atomic E-state index is 12.7. The van der Waals surface area contributed by atoms with Gasteiger partial charge in [-0.15, -0.1) is 0 Å². The number of carbonyl (C=O) groups is 1. The molecule has 0 atom stereocenters. The Labute approximate surface area is 149 Å². The molecule has 6 nitrogen and oxygen atoms in total. The molecule has 6 heteroatoms. The zero-order valence-corrected chi connectivity index (χ0v) is 15.4. The van der Waals surface area contributed by atoms with Crippen molar-refractivity contribution in [2.45, 2.75) is 33.6 Å². The lowest BCUT2D eigenvalue weighted by Gasteiger charge is -2.21. The van der Waals surface area contributed by atoms with Crippen LogP contribution < -0.4 is 10.1 Å². The quantitative estimate of drug-likeness (QED) is 0.790. The summed E-state index contributed by atoms with van der Waals surface area (Å²) in [5, 5.41) is 3.22. The van der Waals surface area contributed by atoms with Crippen LogP contribution >= 0.6 is 0 Å². The van der Waals surface area contributed by atoms with E-state index in [1.54, 1.807) is 13.2 Å². The highest BCUT2D eigenvalue weighted by atomic mass is 16.5. The highest BCUT2D eigenvalue weighted by Gasteiger charge is 2.16.